The first kappa shape index (κ1) is 12.6. The number of methoxy groups -OCH3 is 1. The Bertz CT molecular complexity index is 577. The Labute approximate surface area is 105 Å². The molecule has 1 heterocycles. The highest BCUT2D eigenvalue weighted by Gasteiger charge is 2.16. The SMILES string of the molecule is CO[C@@H](C)[C@H](C)n1cnc2ccc(C(=O)O)cc21. The van der Waals surface area contributed by atoms with Crippen LogP contribution >= 0.6 is 0 Å². The number of hydrogen-bond donors (Lipinski definition) is 1. The monoisotopic (exact) mass is 248 g/mol. The molecule has 0 radical (unpaired) electrons. The molecule has 5 heteroatoms. The van der Waals surface area contributed by atoms with Crippen molar-refractivity contribution < 1.29 is 14.6 Å². The van der Waals surface area contributed by atoms with E-state index in [1.165, 1.54) is 0 Å². The summed E-state index contributed by atoms with van der Waals surface area (Å²) < 4.78 is 7.24. The molecule has 2 aromatic rings. The summed E-state index contributed by atoms with van der Waals surface area (Å²) in [6.07, 6.45) is 1.74. The number of imidazole rings is 1. The van der Waals surface area contributed by atoms with Gasteiger partial charge in [-0.2, -0.15) is 0 Å². The summed E-state index contributed by atoms with van der Waals surface area (Å²) in [7, 11) is 1.66. The number of nitrogens with zero attached hydrogens (tertiary/aromatic N) is 2. The number of aromatic carboxylic acids is 1. The van der Waals surface area contributed by atoms with Crippen molar-refractivity contribution in [1.82, 2.24) is 9.55 Å². The minimum absolute atomic E-state index is 0.0240. The van der Waals surface area contributed by atoms with Crippen LogP contribution in [0.15, 0.2) is 24.5 Å². The molecule has 0 saturated carbocycles. The van der Waals surface area contributed by atoms with E-state index < -0.39 is 5.97 Å². The van der Waals surface area contributed by atoms with Gasteiger partial charge in [0.15, 0.2) is 0 Å². The molecule has 0 aliphatic carbocycles. The molecule has 1 aromatic carbocycles. The molecule has 0 aliphatic heterocycles. The van der Waals surface area contributed by atoms with Gasteiger partial charge >= 0.3 is 5.97 Å². The van der Waals surface area contributed by atoms with Gasteiger partial charge in [0.05, 0.1) is 35.1 Å². The molecule has 0 saturated heterocycles. The van der Waals surface area contributed by atoms with Gasteiger partial charge in [0.2, 0.25) is 0 Å². The number of hydrogen-bond acceptors (Lipinski definition) is 3. The van der Waals surface area contributed by atoms with Crippen LogP contribution in [0.4, 0.5) is 0 Å². The van der Waals surface area contributed by atoms with Gasteiger partial charge in [-0.1, -0.05) is 0 Å². The molecule has 18 heavy (non-hydrogen) atoms. The van der Waals surface area contributed by atoms with Gasteiger partial charge in [0, 0.05) is 7.11 Å². The predicted octanol–water partition coefficient (Wildman–Crippen LogP) is 2.33. The highest BCUT2D eigenvalue weighted by atomic mass is 16.5. The third-order valence-electron chi connectivity index (χ3n) is 3.31. The van der Waals surface area contributed by atoms with Gasteiger partial charge in [0.25, 0.3) is 0 Å². The van der Waals surface area contributed by atoms with Crippen LogP contribution in [-0.2, 0) is 4.74 Å². The van der Waals surface area contributed by atoms with E-state index in [-0.39, 0.29) is 17.7 Å². The van der Waals surface area contributed by atoms with E-state index in [0.717, 1.165) is 11.0 Å². The van der Waals surface area contributed by atoms with Crippen LogP contribution in [0.5, 0.6) is 0 Å². The van der Waals surface area contributed by atoms with Crippen molar-refractivity contribution in [1.29, 1.82) is 0 Å². The summed E-state index contributed by atoms with van der Waals surface area (Å²) >= 11 is 0. The molecule has 2 rings (SSSR count). The van der Waals surface area contributed by atoms with Crippen LogP contribution in [0.3, 0.4) is 0 Å². The van der Waals surface area contributed by atoms with E-state index in [0.29, 0.717) is 0 Å². The van der Waals surface area contributed by atoms with Crippen molar-refractivity contribution in [3.63, 3.8) is 0 Å². The Hall–Kier alpha value is -1.88. The fraction of sp³-hybridized carbons (Fsp3) is 0.385. The number of aromatic nitrogens is 2. The molecular weight excluding hydrogens is 232 g/mol. The summed E-state index contributed by atoms with van der Waals surface area (Å²) in [6, 6.07) is 5.01. The number of rotatable bonds is 4. The van der Waals surface area contributed by atoms with E-state index in [1.807, 2.05) is 18.4 Å². The van der Waals surface area contributed by atoms with Gasteiger partial charge in [0.1, 0.15) is 0 Å². The van der Waals surface area contributed by atoms with E-state index >= 15 is 0 Å². The largest absolute Gasteiger partial charge is 0.478 e. The van der Waals surface area contributed by atoms with Crippen LogP contribution in [-0.4, -0.2) is 33.8 Å². The van der Waals surface area contributed by atoms with Crippen LogP contribution in [0.2, 0.25) is 0 Å². The first-order valence-corrected chi connectivity index (χ1v) is 5.77. The van der Waals surface area contributed by atoms with Gasteiger partial charge in [-0.05, 0) is 32.0 Å². The molecule has 0 unspecified atom stereocenters. The Balaban J connectivity index is 2.51. The fourth-order valence-electron chi connectivity index (χ4n) is 1.91. The number of carboxylic acids is 1. The third-order valence-corrected chi connectivity index (χ3v) is 3.31. The van der Waals surface area contributed by atoms with Crippen LogP contribution in [0, 0.1) is 0 Å². The first-order valence-electron chi connectivity index (χ1n) is 5.77. The molecule has 0 aliphatic rings. The highest BCUT2D eigenvalue weighted by molar-refractivity contribution is 5.92. The lowest BCUT2D eigenvalue weighted by molar-refractivity contribution is 0.0697. The summed E-state index contributed by atoms with van der Waals surface area (Å²) in [4.78, 5) is 15.3. The maximum atomic E-state index is 11.0. The predicted molar refractivity (Wildman–Crippen MR) is 67.9 cm³/mol. The summed E-state index contributed by atoms with van der Waals surface area (Å²) in [5.74, 6) is -0.933. The minimum Gasteiger partial charge on any atom is -0.478 e. The van der Waals surface area contributed by atoms with Crippen molar-refractivity contribution in [2.75, 3.05) is 7.11 Å². The van der Waals surface area contributed by atoms with E-state index in [9.17, 15) is 4.79 Å². The molecule has 5 nitrogen and oxygen atoms in total. The quantitative estimate of drug-likeness (QED) is 0.901. The Morgan fingerprint density at radius 2 is 2.17 bits per heavy atom. The third kappa shape index (κ3) is 2.09. The average molecular weight is 248 g/mol. The van der Waals surface area contributed by atoms with Gasteiger partial charge in [-0.25, -0.2) is 9.78 Å². The standard InChI is InChI=1S/C13H16N2O3/c1-8(9(2)18-3)15-7-14-11-5-4-10(13(16)17)6-12(11)15/h4-9H,1-3H3,(H,16,17)/t8-,9-/m0/s1. The lowest BCUT2D eigenvalue weighted by Crippen LogP contribution is -2.19. The maximum Gasteiger partial charge on any atom is 0.335 e. The summed E-state index contributed by atoms with van der Waals surface area (Å²) in [5.41, 5.74) is 1.86. The zero-order valence-corrected chi connectivity index (χ0v) is 10.6. The first-order chi connectivity index (χ1) is 8.54. The van der Waals surface area contributed by atoms with Crippen molar-refractivity contribution in [3.8, 4) is 0 Å². The Morgan fingerprint density at radius 3 is 2.78 bits per heavy atom. The van der Waals surface area contributed by atoms with Crippen molar-refractivity contribution in [3.05, 3.63) is 30.1 Å². The van der Waals surface area contributed by atoms with Gasteiger partial charge in [-0.3, -0.25) is 0 Å². The summed E-state index contributed by atoms with van der Waals surface area (Å²) in [6.45, 7) is 3.99. The number of carboxylic acid groups (broad SMARTS) is 1. The van der Waals surface area contributed by atoms with Crippen molar-refractivity contribution in [2.24, 2.45) is 0 Å². The molecule has 1 N–H and O–H groups in total. The molecule has 0 fully saturated rings. The second kappa shape index (κ2) is 4.78. The highest BCUT2D eigenvalue weighted by Crippen LogP contribution is 2.22. The van der Waals surface area contributed by atoms with E-state index in [4.69, 9.17) is 9.84 Å². The Morgan fingerprint density at radius 1 is 1.44 bits per heavy atom. The maximum absolute atomic E-state index is 11.0. The smallest absolute Gasteiger partial charge is 0.335 e. The lowest BCUT2D eigenvalue weighted by Gasteiger charge is -2.20. The number of carbonyl (C=O) groups is 1. The van der Waals surface area contributed by atoms with E-state index in [1.54, 1.807) is 31.6 Å². The molecule has 2 atom stereocenters. The van der Waals surface area contributed by atoms with E-state index in [2.05, 4.69) is 4.98 Å². The van der Waals surface area contributed by atoms with Crippen LogP contribution < -0.4 is 0 Å². The molecular formula is C13H16N2O3. The number of fused-ring (bicyclic) bond motifs is 1. The van der Waals surface area contributed by atoms with Gasteiger partial charge in [-0.15, -0.1) is 0 Å². The van der Waals surface area contributed by atoms with Gasteiger partial charge < -0.3 is 14.4 Å². The zero-order chi connectivity index (χ0) is 13.3. The molecule has 0 bridgehead atoms. The zero-order valence-electron chi connectivity index (χ0n) is 10.6. The Kier molecular flexibility index (Phi) is 3.34. The topological polar surface area (TPSA) is 64.4 Å². The minimum atomic E-state index is -0.933. The van der Waals surface area contributed by atoms with Crippen molar-refractivity contribution >= 4 is 17.0 Å². The fourth-order valence-corrected chi connectivity index (χ4v) is 1.91. The summed E-state index contributed by atoms with van der Waals surface area (Å²) in [5, 5.41) is 9.01. The second-order valence-corrected chi connectivity index (χ2v) is 4.34. The molecule has 0 amide bonds. The second-order valence-electron chi connectivity index (χ2n) is 4.34. The molecule has 96 valence electrons. The van der Waals surface area contributed by atoms with Crippen molar-refractivity contribution in [2.45, 2.75) is 26.0 Å². The number of ether oxygens (including phenoxy) is 1. The number of benzene rings is 1. The molecule has 0 spiro atoms. The average Bonchev–Trinajstić information content (AvgIpc) is 2.79. The van der Waals surface area contributed by atoms with Crippen LogP contribution in [0.25, 0.3) is 11.0 Å². The molecule has 1 aromatic heterocycles. The van der Waals surface area contributed by atoms with Crippen LogP contribution in [0.1, 0.15) is 30.2 Å². The normalized spacial score (nSPS) is 14.6. The lowest BCUT2D eigenvalue weighted by atomic mass is 10.1.